The van der Waals surface area contributed by atoms with Crippen LogP contribution in [0.15, 0.2) is 60.8 Å². The van der Waals surface area contributed by atoms with Gasteiger partial charge in [-0.1, -0.05) is 18.2 Å². The Kier molecular flexibility index (Phi) is 5.00. The first-order valence-corrected chi connectivity index (χ1v) is 8.32. The number of ketones is 1. The number of fused-ring (bicyclic) bond motifs is 1. The summed E-state index contributed by atoms with van der Waals surface area (Å²) in [6.07, 6.45) is 5.64. The van der Waals surface area contributed by atoms with E-state index in [0.29, 0.717) is 5.56 Å². The fourth-order valence-electron chi connectivity index (χ4n) is 2.90. The summed E-state index contributed by atoms with van der Waals surface area (Å²) in [6.45, 7) is 0.876. The van der Waals surface area contributed by atoms with E-state index in [9.17, 15) is 4.79 Å². The van der Waals surface area contributed by atoms with Crippen molar-refractivity contribution in [2.24, 2.45) is 0 Å². The van der Waals surface area contributed by atoms with E-state index < -0.39 is 0 Å². The number of para-hydroxylation sites is 1. The lowest BCUT2D eigenvalue weighted by Gasteiger charge is -2.09. The third-order valence-corrected chi connectivity index (χ3v) is 4.09. The molecule has 4 nitrogen and oxygen atoms in total. The van der Waals surface area contributed by atoms with Crippen molar-refractivity contribution in [2.45, 2.75) is 6.67 Å². The molecular formula is C21H23N2O2+. The minimum atomic E-state index is -0.0160. The molecule has 0 aliphatic rings. The Morgan fingerprint density at radius 3 is 2.52 bits per heavy atom. The second-order valence-corrected chi connectivity index (χ2v) is 6.36. The molecular weight excluding hydrogens is 312 g/mol. The summed E-state index contributed by atoms with van der Waals surface area (Å²) in [4.78, 5) is 13.7. The lowest BCUT2D eigenvalue weighted by molar-refractivity contribution is -0.882. The van der Waals surface area contributed by atoms with Crippen LogP contribution in [0.5, 0.6) is 5.75 Å². The van der Waals surface area contributed by atoms with E-state index in [1.54, 1.807) is 37.5 Å². The molecule has 0 unspecified atom stereocenters. The van der Waals surface area contributed by atoms with Crippen LogP contribution >= 0.6 is 0 Å². The number of quaternary nitrogens is 1. The third-order valence-electron chi connectivity index (χ3n) is 4.09. The second-order valence-electron chi connectivity index (χ2n) is 6.36. The smallest absolute Gasteiger partial charge is 0.185 e. The lowest BCUT2D eigenvalue weighted by atomic mass is 10.1. The van der Waals surface area contributed by atoms with Gasteiger partial charge in [0.05, 0.1) is 26.7 Å². The third kappa shape index (κ3) is 3.80. The number of hydrogen-bond donors (Lipinski definition) is 1. The van der Waals surface area contributed by atoms with E-state index in [1.807, 2.05) is 18.2 Å². The normalized spacial score (nSPS) is 11.5. The molecule has 1 heterocycles. The number of benzene rings is 2. The fourth-order valence-corrected chi connectivity index (χ4v) is 2.90. The molecule has 4 heteroatoms. The fraction of sp³-hybridized carbons (Fsp3) is 0.190. The monoisotopic (exact) mass is 335 g/mol. The highest BCUT2D eigenvalue weighted by molar-refractivity contribution is 6.07. The lowest BCUT2D eigenvalue weighted by Crippen LogP contribution is -3.04. The van der Waals surface area contributed by atoms with Crippen molar-refractivity contribution in [1.29, 1.82) is 0 Å². The summed E-state index contributed by atoms with van der Waals surface area (Å²) in [6, 6.07) is 15.4. The first-order chi connectivity index (χ1) is 12.1. The molecule has 3 rings (SSSR count). The number of aromatic nitrogens is 1. The molecule has 0 saturated heterocycles. The van der Waals surface area contributed by atoms with Crippen LogP contribution < -0.4 is 9.64 Å². The zero-order chi connectivity index (χ0) is 17.8. The summed E-state index contributed by atoms with van der Waals surface area (Å²) in [5, 5.41) is 1.16. The average Bonchev–Trinajstić information content (AvgIpc) is 2.97. The summed E-state index contributed by atoms with van der Waals surface area (Å²) >= 11 is 0. The number of methoxy groups -OCH3 is 1. The first kappa shape index (κ1) is 17.0. The number of allylic oxidation sites excluding steroid dienone is 1. The van der Waals surface area contributed by atoms with E-state index in [-0.39, 0.29) is 5.78 Å². The highest BCUT2D eigenvalue weighted by atomic mass is 16.5. The maximum atomic E-state index is 12.4. The van der Waals surface area contributed by atoms with Crippen LogP contribution in [0.2, 0.25) is 0 Å². The minimum Gasteiger partial charge on any atom is -0.497 e. The molecule has 0 bridgehead atoms. The standard InChI is InChI=1S/C21H22N2O2/c1-22(2)15-23-14-17(19-6-4-5-7-20(19)23)10-13-21(24)16-8-11-18(25-3)12-9-16/h4-14H,15H2,1-3H3/p+1/b13-10+. The number of hydrogen-bond acceptors (Lipinski definition) is 2. The predicted octanol–water partition coefficient (Wildman–Crippen LogP) is 2.65. The Bertz CT molecular complexity index is 905. The summed E-state index contributed by atoms with van der Waals surface area (Å²) in [5.41, 5.74) is 2.89. The van der Waals surface area contributed by atoms with Crippen molar-refractivity contribution in [3.05, 3.63) is 71.9 Å². The van der Waals surface area contributed by atoms with Gasteiger partial charge in [0.2, 0.25) is 0 Å². The van der Waals surface area contributed by atoms with E-state index in [0.717, 1.165) is 23.4 Å². The van der Waals surface area contributed by atoms with Gasteiger partial charge >= 0.3 is 0 Å². The average molecular weight is 335 g/mol. The quantitative estimate of drug-likeness (QED) is 0.555. The zero-order valence-corrected chi connectivity index (χ0v) is 14.8. The minimum absolute atomic E-state index is 0.0160. The summed E-state index contributed by atoms with van der Waals surface area (Å²) < 4.78 is 7.35. The maximum absolute atomic E-state index is 12.4. The molecule has 0 atom stereocenters. The van der Waals surface area contributed by atoms with Crippen molar-refractivity contribution in [3.8, 4) is 5.75 Å². The van der Waals surface area contributed by atoms with Gasteiger partial charge in [-0.15, -0.1) is 0 Å². The second kappa shape index (κ2) is 7.36. The molecule has 0 fully saturated rings. The van der Waals surface area contributed by atoms with Crippen LogP contribution in [0.1, 0.15) is 15.9 Å². The predicted molar refractivity (Wildman–Crippen MR) is 101 cm³/mol. The van der Waals surface area contributed by atoms with Gasteiger partial charge in [0.25, 0.3) is 0 Å². The van der Waals surface area contributed by atoms with Gasteiger partial charge in [-0.25, -0.2) is 0 Å². The van der Waals surface area contributed by atoms with Gasteiger partial charge in [-0.3, -0.25) is 9.36 Å². The number of nitrogens with zero attached hydrogens (tertiary/aromatic N) is 1. The van der Waals surface area contributed by atoms with Gasteiger partial charge in [-0.05, 0) is 42.5 Å². The van der Waals surface area contributed by atoms with Crippen molar-refractivity contribution < 1.29 is 14.4 Å². The number of carbonyl (C=O) groups excluding carboxylic acids is 1. The van der Waals surface area contributed by atoms with Gasteiger partial charge in [0, 0.05) is 22.7 Å². The number of carbonyl (C=O) groups is 1. The Balaban J connectivity index is 1.88. The molecule has 2 aromatic carbocycles. The van der Waals surface area contributed by atoms with Crippen LogP contribution in [-0.4, -0.2) is 31.6 Å². The van der Waals surface area contributed by atoms with Crippen LogP contribution in [0, 0.1) is 0 Å². The van der Waals surface area contributed by atoms with E-state index in [2.05, 4.69) is 37.0 Å². The Hall–Kier alpha value is -2.85. The first-order valence-electron chi connectivity index (χ1n) is 8.32. The molecule has 25 heavy (non-hydrogen) atoms. The summed E-state index contributed by atoms with van der Waals surface area (Å²) in [7, 11) is 5.86. The molecule has 1 N–H and O–H groups in total. The van der Waals surface area contributed by atoms with Crippen molar-refractivity contribution in [2.75, 3.05) is 21.2 Å². The van der Waals surface area contributed by atoms with E-state index in [1.165, 1.54) is 10.4 Å². The van der Waals surface area contributed by atoms with Crippen LogP contribution in [-0.2, 0) is 6.67 Å². The molecule has 0 spiro atoms. The SMILES string of the molecule is COc1ccc(C(=O)/C=C/c2cn(C[NH+](C)C)c3ccccc23)cc1. The Morgan fingerprint density at radius 1 is 1.12 bits per heavy atom. The summed E-state index contributed by atoms with van der Waals surface area (Å²) in [5.74, 6) is 0.729. The Morgan fingerprint density at radius 2 is 1.84 bits per heavy atom. The number of nitrogens with one attached hydrogen (secondary N) is 1. The largest absolute Gasteiger partial charge is 0.497 e. The van der Waals surface area contributed by atoms with Crippen LogP contribution in [0.3, 0.4) is 0 Å². The number of ether oxygens (including phenoxy) is 1. The highest BCUT2D eigenvalue weighted by Gasteiger charge is 2.08. The van der Waals surface area contributed by atoms with Gasteiger partial charge in [0.1, 0.15) is 5.75 Å². The molecule has 0 aliphatic carbocycles. The zero-order valence-electron chi connectivity index (χ0n) is 14.8. The Labute approximate surface area is 147 Å². The number of rotatable bonds is 6. The van der Waals surface area contributed by atoms with Gasteiger partial charge in [0.15, 0.2) is 12.5 Å². The molecule has 0 radical (unpaired) electrons. The topological polar surface area (TPSA) is 35.7 Å². The van der Waals surface area contributed by atoms with Crippen molar-refractivity contribution in [3.63, 3.8) is 0 Å². The van der Waals surface area contributed by atoms with Crippen molar-refractivity contribution in [1.82, 2.24) is 4.57 Å². The molecule has 3 aromatic rings. The van der Waals surface area contributed by atoms with E-state index >= 15 is 0 Å². The molecule has 0 aliphatic heterocycles. The van der Waals surface area contributed by atoms with Crippen molar-refractivity contribution >= 4 is 22.8 Å². The van der Waals surface area contributed by atoms with E-state index in [4.69, 9.17) is 4.74 Å². The molecule has 1 aromatic heterocycles. The highest BCUT2D eigenvalue weighted by Crippen LogP contribution is 2.22. The molecule has 0 saturated carbocycles. The molecule has 128 valence electrons. The van der Waals surface area contributed by atoms with Crippen LogP contribution in [0.4, 0.5) is 0 Å². The van der Waals surface area contributed by atoms with Gasteiger partial charge < -0.3 is 9.64 Å². The van der Waals surface area contributed by atoms with Crippen LogP contribution in [0.25, 0.3) is 17.0 Å². The maximum Gasteiger partial charge on any atom is 0.185 e. The van der Waals surface area contributed by atoms with Gasteiger partial charge in [-0.2, -0.15) is 0 Å². The molecule has 0 amide bonds.